The minimum Gasteiger partial charge on any atom is -1.00 e. The minimum absolute atomic E-state index is 0. The third kappa shape index (κ3) is 4.63. The molecular formula is C7H6Br2Zn-. The molecule has 1 rings (SSSR count). The Morgan fingerprint density at radius 3 is 2.40 bits per heavy atom. The molecule has 0 N–H and O–H groups in total. The van der Waals surface area contributed by atoms with E-state index in [2.05, 4.69) is 21.7 Å². The monoisotopic (exact) mass is 312 g/mol. The van der Waals surface area contributed by atoms with E-state index in [-0.39, 0.29) is 36.5 Å². The number of hydrogen-bond acceptors (Lipinski definition) is 0. The van der Waals surface area contributed by atoms with Gasteiger partial charge in [0.1, 0.15) is 0 Å². The average Bonchev–Trinajstić information content (AvgIpc) is 1.64. The molecule has 1 aliphatic rings. The Bertz CT molecular complexity index is 188. The summed E-state index contributed by atoms with van der Waals surface area (Å²) >= 11 is 3.34. The van der Waals surface area contributed by atoms with Crippen molar-refractivity contribution in [2.24, 2.45) is 0 Å². The van der Waals surface area contributed by atoms with E-state index >= 15 is 0 Å². The first-order valence-corrected chi connectivity index (χ1v) is 3.22. The van der Waals surface area contributed by atoms with Crippen molar-refractivity contribution in [3.8, 4) is 0 Å². The molecule has 0 unspecified atom stereocenters. The van der Waals surface area contributed by atoms with E-state index in [1.807, 2.05) is 25.5 Å². The normalized spacial score (nSPS) is 14.2. The Morgan fingerprint density at radius 2 is 2.10 bits per heavy atom. The molecular weight excluding hydrogens is 309 g/mol. The smallest absolute Gasteiger partial charge is 0.0305 e. The Labute approximate surface area is 93.1 Å². The maximum atomic E-state index is 3.34. The summed E-state index contributed by atoms with van der Waals surface area (Å²) in [4.78, 5) is 0. The topological polar surface area (TPSA) is 0 Å². The second kappa shape index (κ2) is 6.55. The van der Waals surface area contributed by atoms with Crippen molar-refractivity contribution >= 4 is 15.9 Å². The Morgan fingerprint density at radius 1 is 1.50 bits per heavy atom. The van der Waals surface area contributed by atoms with Gasteiger partial charge in [-0.1, -0.05) is 15.9 Å². The van der Waals surface area contributed by atoms with Crippen LogP contribution in [0.1, 0.15) is 6.92 Å². The zero-order valence-electron chi connectivity index (χ0n) is 5.70. The predicted octanol–water partition coefficient (Wildman–Crippen LogP) is -0.414. The molecule has 0 aromatic heterocycles. The Hall–Kier alpha value is 0.843. The summed E-state index contributed by atoms with van der Waals surface area (Å²) in [5.41, 5.74) is 4.21. The fourth-order valence-electron chi connectivity index (χ4n) is 0.549. The van der Waals surface area contributed by atoms with E-state index in [0.717, 1.165) is 4.48 Å². The van der Waals surface area contributed by atoms with Crippen molar-refractivity contribution in [1.29, 1.82) is 0 Å². The molecule has 0 aromatic carbocycles. The summed E-state index contributed by atoms with van der Waals surface area (Å²) in [6.07, 6.45) is 5.90. The van der Waals surface area contributed by atoms with E-state index in [4.69, 9.17) is 0 Å². The molecule has 1 radical (unpaired) electrons. The fraction of sp³-hybridized carbons (Fsp3) is 0.143. The third-order valence-corrected chi connectivity index (χ3v) is 1.40. The van der Waals surface area contributed by atoms with Gasteiger partial charge in [-0.2, -0.15) is 0 Å². The van der Waals surface area contributed by atoms with Gasteiger partial charge in [0.25, 0.3) is 0 Å². The molecule has 0 aliphatic heterocycles. The van der Waals surface area contributed by atoms with Crippen molar-refractivity contribution < 1.29 is 36.5 Å². The van der Waals surface area contributed by atoms with Crippen LogP contribution in [-0.4, -0.2) is 0 Å². The summed E-state index contributed by atoms with van der Waals surface area (Å²) in [6, 6.07) is 0. The second-order valence-electron chi connectivity index (χ2n) is 1.69. The molecule has 0 saturated heterocycles. The molecule has 0 fully saturated rings. The van der Waals surface area contributed by atoms with Crippen molar-refractivity contribution in [1.82, 2.24) is 0 Å². The van der Waals surface area contributed by atoms with Gasteiger partial charge in [0.05, 0.1) is 0 Å². The summed E-state index contributed by atoms with van der Waals surface area (Å²) in [5.74, 6) is 0. The van der Waals surface area contributed by atoms with Crippen molar-refractivity contribution in [2.75, 3.05) is 0 Å². The van der Waals surface area contributed by atoms with E-state index in [1.165, 1.54) is 5.57 Å². The number of rotatable bonds is 0. The van der Waals surface area contributed by atoms with Crippen LogP contribution >= 0.6 is 15.9 Å². The molecule has 0 bridgehead atoms. The molecule has 51 valence electrons. The quantitative estimate of drug-likeness (QED) is 0.421. The van der Waals surface area contributed by atoms with Crippen LogP contribution in [0.4, 0.5) is 0 Å². The molecule has 0 atom stereocenters. The van der Waals surface area contributed by atoms with Crippen molar-refractivity contribution in [3.63, 3.8) is 0 Å². The van der Waals surface area contributed by atoms with Gasteiger partial charge in [-0.05, 0) is 24.6 Å². The third-order valence-electron chi connectivity index (χ3n) is 0.908. The van der Waals surface area contributed by atoms with Crippen LogP contribution in [0.15, 0.2) is 27.9 Å². The molecule has 0 aromatic rings. The largest absolute Gasteiger partial charge is 1.00 e. The molecule has 1 aliphatic carbocycles. The fourth-order valence-corrected chi connectivity index (χ4v) is 1.02. The van der Waals surface area contributed by atoms with Crippen LogP contribution in [-0.2, 0) is 19.5 Å². The van der Waals surface area contributed by atoms with Crippen LogP contribution < -0.4 is 17.0 Å². The zero-order valence-corrected chi connectivity index (χ0v) is 11.8. The van der Waals surface area contributed by atoms with Gasteiger partial charge < -0.3 is 17.0 Å². The van der Waals surface area contributed by atoms with Crippen molar-refractivity contribution in [2.45, 2.75) is 6.92 Å². The van der Waals surface area contributed by atoms with Crippen LogP contribution in [0.2, 0.25) is 0 Å². The Kier molecular flexibility index (Phi) is 8.80. The maximum Gasteiger partial charge on any atom is 0.0305 e. The van der Waals surface area contributed by atoms with Gasteiger partial charge in [-0.15, -0.1) is 5.73 Å². The van der Waals surface area contributed by atoms with E-state index < -0.39 is 0 Å². The summed E-state index contributed by atoms with van der Waals surface area (Å²) < 4.78 is 1.12. The van der Waals surface area contributed by atoms with Crippen molar-refractivity contribution in [3.05, 3.63) is 34.4 Å². The molecule has 0 heterocycles. The first kappa shape index (κ1) is 13.4. The summed E-state index contributed by atoms with van der Waals surface area (Å²) in [6.45, 7) is 2.02. The molecule has 0 spiro atoms. The van der Waals surface area contributed by atoms with Crippen LogP contribution in [0.25, 0.3) is 0 Å². The Balaban J connectivity index is 0. The minimum atomic E-state index is 0. The predicted molar refractivity (Wildman–Crippen MR) is 38.6 cm³/mol. The second-order valence-corrected chi connectivity index (χ2v) is 2.61. The van der Waals surface area contributed by atoms with Gasteiger partial charge in [0.15, 0.2) is 0 Å². The van der Waals surface area contributed by atoms with E-state index in [9.17, 15) is 0 Å². The molecule has 0 amide bonds. The van der Waals surface area contributed by atoms with E-state index in [1.54, 1.807) is 0 Å². The SMILES string of the molecule is CC1=C=CC=C(Br)[CH]1.[Br-].[Zn]. The molecule has 0 nitrogen and oxygen atoms in total. The van der Waals surface area contributed by atoms with Crippen LogP contribution in [0, 0.1) is 6.42 Å². The van der Waals surface area contributed by atoms with Crippen LogP contribution in [0.3, 0.4) is 0 Å². The number of allylic oxidation sites excluding steroid dienone is 3. The van der Waals surface area contributed by atoms with E-state index in [0.29, 0.717) is 0 Å². The standard InChI is InChI=1S/C7H6Br.BrH.Zn/c1-6-3-2-4-7(8)5-6;;/h2,4-5H,1H3;1H;/p-1. The number of hydrogen-bond donors (Lipinski definition) is 0. The number of halogens is 2. The zero-order chi connectivity index (χ0) is 5.98. The molecule has 10 heavy (non-hydrogen) atoms. The summed E-state index contributed by atoms with van der Waals surface area (Å²) in [5, 5.41) is 0. The first-order valence-electron chi connectivity index (χ1n) is 2.43. The van der Waals surface area contributed by atoms with Crippen LogP contribution in [0.5, 0.6) is 0 Å². The van der Waals surface area contributed by atoms with Gasteiger partial charge in [0.2, 0.25) is 0 Å². The van der Waals surface area contributed by atoms with Gasteiger partial charge in [-0.25, -0.2) is 0 Å². The van der Waals surface area contributed by atoms with Gasteiger partial charge in [-0.3, -0.25) is 0 Å². The molecule has 0 saturated carbocycles. The van der Waals surface area contributed by atoms with Gasteiger partial charge in [0, 0.05) is 30.4 Å². The maximum absolute atomic E-state index is 3.34. The first-order chi connectivity index (χ1) is 3.79. The average molecular weight is 315 g/mol. The summed E-state index contributed by atoms with van der Waals surface area (Å²) in [7, 11) is 0. The molecule has 3 heteroatoms. The van der Waals surface area contributed by atoms with Gasteiger partial charge >= 0.3 is 0 Å².